The van der Waals surface area contributed by atoms with Crippen LogP contribution in [0.1, 0.15) is 21.7 Å². The number of nitrogens with one attached hydrogen (secondary N) is 2. The van der Waals surface area contributed by atoms with Crippen molar-refractivity contribution in [1.82, 2.24) is 25.6 Å². The molecule has 0 bridgehead atoms. The number of carbonyl (C=O) groups is 2. The van der Waals surface area contributed by atoms with Gasteiger partial charge in [0.2, 0.25) is 0 Å². The second kappa shape index (κ2) is 8.57. The minimum absolute atomic E-state index is 0.00701. The molecule has 7 nitrogen and oxygen atoms in total. The average Bonchev–Trinajstić information content (AvgIpc) is 3.08. The molecular weight excluding hydrogens is 414 g/mol. The predicted octanol–water partition coefficient (Wildman–Crippen LogP) is 3.83. The number of para-hydroxylation sites is 1. The summed E-state index contributed by atoms with van der Waals surface area (Å²) < 4.78 is 1.58. The van der Waals surface area contributed by atoms with Crippen LogP contribution in [0.2, 0.25) is 5.02 Å². The SMILES string of the molecule is Cc1cc(C)n(CC(=O)NNC(=O)c2cc(-c3ccc(Cl)cc3)nc3ccccc23)n1. The standard InChI is InChI=1S/C23H20ClN5O2/c1-14-11-15(2)29(28-14)13-22(30)26-27-23(31)19-12-21(16-7-9-17(24)10-8-16)25-20-6-4-3-5-18(19)20/h3-12H,13H2,1-2H3,(H,26,30)(H,27,31). The number of aryl methyl sites for hydroxylation is 2. The molecule has 8 heteroatoms. The maximum atomic E-state index is 12.9. The molecule has 2 heterocycles. The Bertz CT molecular complexity index is 1280. The topological polar surface area (TPSA) is 88.9 Å². The van der Waals surface area contributed by atoms with Gasteiger partial charge in [-0.15, -0.1) is 0 Å². The third kappa shape index (κ3) is 4.57. The summed E-state index contributed by atoms with van der Waals surface area (Å²) in [6, 6.07) is 18.2. The summed E-state index contributed by atoms with van der Waals surface area (Å²) >= 11 is 5.98. The van der Waals surface area contributed by atoms with Gasteiger partial charge < -0.3 is 0 Å². The van der Waals surface area contributed by atoms with E-state index in [9.17, 15) is 9.59 Å². The molecule has 2 N–H and O–H groups in total. The number of hydrazine groups is 1. The number of nitrogens with zero attached hydrogens (tertiary/aromatic N) is 3. The Labute approximate surface area is 184 Å². The van der Waals surface area contributed by atoms with Crippen molar-refractivity contribution < 1.29 is 9.59 Å². The number of hydrogen-bond acceptors (Lipinski definition) is 4. The Hall–Kier alpha value is -3.71. The molecule has 2 amide bonds. The lowest BCUT2D eigenvalue weighted by atomic mass is 10.0. The highest BCUT2D eigenvalue weighted by atomic mass is 35.5. The van der Waals surface area contributed by atoms with E-state index in [-0.39, 0.29) is 12.5 Å². The van der Waals surface area contributed by atoms with Gasteiger partial charge in [0, 0.05) is 21.7 Å². The van der Waals surface area contributed by atoms with Crippen molar-refractivity contribution in [2.24, 2.45) is 0 Å². The fraction of sp³-hybridized carbons (Fsp3) is 0.130. The van der Waals surface area contributed by atoms with E-state index in [2.05, 4.69) is 20.9 Å². The number of aromatic nitrogens is 3. The van der Waals surface area contributed by atoms with Gasteiger partial charge in [0.1, 0.15) is 6.54 Å². The van der Waals surface area contributed by atoms with Crippen LogP contribution in [-0.2, 0) is 11.3 Å². The molecule has 2 aromatic heterocycles. The van der Waals surface area contributed by atoms with Crippen LogP contribution in [0, 0.1) is 13.8 Å². The highest BCUT2D eigenvalue weighted by molar-refractivity contribution is 6.30. The molecule has 0 fully saturated rings. The lowest BCUT2D eigenvalue weighted by Gasteiger charge is -2.12. The monoisotopic (exact) mass is 433 g/mol. The van der Waals surface area contributed by atoms with E-state index in [1.807, 2.05) is 56.3 Å². The van der Waals surface area contributed by atoms with Gasteiger partial charge in [-0.25, -0.2) is 4.98 Å². The smallest absolute Gasteiger partial charge is 0.270 e. The fourth-order valence-electron chi connectivity index (χ4n) is 3.34. The third-order valence-electron chi connectivity index (χ3n) is 4.81. The van der Waals surface area contributed by atoms with Crippen molar-refractivity contribution in [3.8, 4) is 11.3 Å². The number of halogens is 1. The maximum absolute atomic E-state index is 12.9. The molecule has 156 valence electrons. The van der Waals surface area contributed by atoms with Crippen LogP contribution in [-0.4, -0.2) is 26.6 Å². The van der Waals surface area contributed by atoms with E-state index in [0.29, 0.717) is 27.2 Å². The van der Waals surface area contributed by atoms with Gasteiger partial charge in [0.25, 0.3) is 11.8 Å². The second-order valence-corrected chi connectivity index (χ2v) is 7.60. The van der Waals surface area contributed by atoms with Crippen LogP contribution in [0.15, 0.2) is 60.7 Å². The van der Waals surface area contributed by atoms with Gasteiger partial charge in [0.05, 0.1) is 22.5 Å². The molecule has 4 rings (SSSR count). The summed E-state index contributed by atoms with van der Waals surface area (Å²) in [4.78, 5) is 29.9. The van der Waals surface area contributed by atoms with E-state index in [1.54, 1.807) is 22.9 Å². The first-order valence-electron chi connectivity index (χ1n) is 9.66. The van der Waals surface area contributed by atoms with Crippen LogP contribution in [0.25, 0.3) is 22.2 Å². The molecule has 0 aliphatic carbocycles. The van der Waals surface area contributed by atoms with Gasteiger partial charge in [-0.05, 0) is 44.2 Å². The number of benzene rings is 2. The number of amides is 2. The molecule has 0 radical (unpaired) electrons. The van der Waals surface area contributed by atoms with Crippen LogP contribution < -0.4 is 10.9 Å². The third-order valence-corrected chi connectivity index (χ3v) is 5.06. The van der Waals surface area contributed by atoms with Gasteiger partial charge >= 0.3 is 0 Å². The highest BCUT2D eigenvalue weighted by Crippen LogP contribution is 2.25. The number of hydrogen-bond donors (Lipinski definition) is 2. The van der Waals surface area contributed by atoms with E-state index in [0.717, 1.165) is 17.0 Å². The first kappa shape index (κ1) is 20.6. The molecule has 0 spiro atoms. The zero-order valence-electron chi connectivity index (χ0n) is 17.0. The van der Waals surface area contributed by atoms with Gasteiger partial charge in [-0.1, -0.05) is 41.9 Å². The van der Waals surface area contributed by atoms with Gasteiger partial charge in [0.15, 0.2) is 0 Å². The van der Waals surface area contributed by atoms with Gasteiger partial charge in [-0.2, -0.15) is 5.10 Å². The van der Waals surface area contributed by atoms with Gasteiger partial charge in [-0.3, -0.25) is 25.1 Å². The Morgan fingerprint density at radius 1 is 1.00 bits per heavy atom. The molecular formula is C23H20ClN5O2. The summed E-state index contributed by atoms with van der Waals surface area (Å²) in [6.45, 7) is 3.73. The summed E-state index contributed by atoms with van der Waals surface area (Å²) in [5, 5.41) is 5.56. The molecule has 0 aliphatic heterocycles. The first-order chi connectivity index (χ1) is 14.9. The van der Waals surface area contributed by atoms with Crippen molar-refractivity contribution in [3.05, 3.63) is 82.6 Å². The normalized spacial score (nSPS) is 10.8. The van der Waals surface area contributed by atoms with Crippen LogP contribution in [0.5, 0.6) is 0 Å². The van der Waals surface area contributed by atoms with Crippen molar-refractivity contribution in [3.63, 3.8) is 0 Å². The highest BCUT2D eigenvalue weighted by Gasteiger charge is 2.15. The molecule has 4 aromatic rings. The zero-order valence-corrected chi connectivity index (χ0v) is 17.8. The average molecular weight is 434 g/mol. The van der Waals surface area contributed by atoms with E-state index in [4.69, 9.17) is 11.6 Å². The van der Waals surface area contributed by atoms with Crippen molar-refractivity contribution in [2.75, 3.05) is 0 Å². The number of carbonyl (C=O) groups excluding carboxylic acids is 2. The summed E-state index contributed by atoms with van der Waals surface area (Å²) in [6.07, 6.45) is 0. The predicted molar refractivity (Wildman–Crippen MR) is 119 cm³/mol. The molecule has 0 aliphatic rings. The van der Waals surface area contributed by atoms with Crippen LogP contribution >= 0.6 is 11.6 Å². The zero-order chi connectivity index (χ0) is 22.0. The van der Waals surface area contributed by atoms with E-state index < -0.39 is 5.91 Å². The lowest BCUT2D eigenvalue weighted by Crippen LogP contribution is -2.43. The first-order valence-corrected chi connectivity index (χ1v) is 10.0. The molecule has 0 saturated carbocycles. The van der Waals surface area contributed by atoms with E-state index >= 15 is 0 Å². The number of pyridine rings is 1. The molecule has 0 saturated heterocycles. The Balaban J connectivity index is 1.57. The molecule has 31 heavy (non-hydrogen) atoms. The number of fused-ring (bicyclic) bond motifs is 1. The summed E-state index contributed by atoms with van der Waals surface area (Å²) in [7, 11) is 0. The second-order valence-electron chi connectivity index (χ2n) is 7.17. The van der Waals surface area contributed by atoms with Crippen molar-refractivity contribution >= 4 is 34.3 Å². The van der Waals surface area contributed by atoms with Crippen LogP contribution in [0.3, 0.4) is 0 Å². The molecule has 0 atom stereocenters. The molecule has 0 unspecified atom stereocenters. The van der Waals surface area contributed by atoms with Crippen LogP contribution in [0.4, 0.5) is 0 Å². The Morgan fingerprint density at radius 2 is 1.74 bits per heavy atom. The molecule has 2 aromatic carbocycles. The maximum Gasteiger partial charge on any atom is 0.270 e. The lowest BCUT2D eigenvalue weighted by molar-refractivity contribution is -0.122. The van der Waals surface area contributed by atoms with Crippen molar-refractivity contribution in [2.45, 2.75) is 20.4 Å². The largest absolute Gasteiger partial charge is 0.271 e. The summed E-state index contributed by atoms with van der Waals surface area (Å²) in [5.74, 6) is -0.814. The minimum atomic E-state index is -0.435. The minimum Gasteiger partial charge on any atom is -0.271 e. The fourth-order valence-corrected chi connectivity index (χ4v) is 3.46. The Morgan fingerprint density at radius 3 is 2.45 bits per heavy atom. The Kier molecular flexibility index (Phi) is 5.68. The van der Waals surface area contributed by atoms with Crippen molar-refractivity contribution in [1.29, 1.82) is 0 Å². The number of rotatable bonds is 4. The van der Waals surface area contributed by atoms with E-state index in [1.165, 1.54) is 0 Å². The summed E-state index contributed by atoms with van der Waals surface area (Å²) in [5.41, 5.74) is 9.20. The quantitative estimate of drug-likeness (QED) is 0.479.